The van der Waals surface area contributed by atoms with E-state index in [-0.39, 0.29) is 0 Å². The third-order valence-electron chi connectivity index (χ3n) is 4.20. The van der Waals surface area contributed by atoms with Gasteiger partial charge in [-0.25, -0.2) is 4.79 Å². The molecule has 0 aliphatic rings. The van der Waals surface area contributed by atoms with Crippen molar-refractivity contribution >= 4 is 51.7 Å². The van der Waals surface area contributed by atoms with Crippen LogP contribution in [0.2, 0.25) is 0 Å². The van der Waals surface area contributed by atoms with Gasteiger partial charge in [-0.15, -0.1) is 0 Å². The molecule has 0 saturated carbocycles. The average molecular weight is 423 g/mol. The summed E-state index contributed by atoms with van der Waals surface area (Å²) >= 11 is 12.3. The molecule has 0 N–H and O–H groups in total. The minimum atomic E-state index is -0.459. The second kappa shape index (κ2) is 6.55. The molecular formula is C19H10N4O2S3. The molecule has 0 bridgehead atoms. The van der Waals surface area contributed by atoms with Crippen LogP contribution in [-0.2, 0) is 0 Å². The highest BCUT2D eigenvalue weighted by Gasteiger charge is 2.15. The number of rotatable bonds is 2. The molecular weight excluding hydrogens is 412 g/mol. The Morgan fingerprint density at radius 2 is 1.75 bits per heavy atom. The molecule has 2 aromatic carbocycles. The number of para-hydroxylation sites is 2. The predicted molar refractivity (Wildman–Crippen MR) is 113 cm³/mol. The number of hydrogen-bond donors (Lipinski definition) is 0. The van der Waals surface area contributed by atoms with Crippen molar-refractivity contribution in [2.45, 2.75) is 0 Å². The molecule has 0 amide bonds. The molecule has 0 atom stereocenters. The summed E-state index contributed by atoms with van der Waals surface area (Å²) in [6.07, 6.45) is 0. The third kappa shape index (κ3) is 2.71. The van der Waals surface area contributed by atoms with Crippen molar-refractivity contribution in [1.29, 1.82) is 0 Å². The smallest absolute Gasteiger partial charge is 0.346 e. The summed E-state index contributed by atoms with van der Waals surface area (Å²) in [5, 5.41) is 5.81. The van der Waals surface area contributed by atoms with Crippen LogP contribution in [-0.4, -0.2) is 19.2 Å². The van der Waals surface area contributed by atoms with Crippen molar-refractivity contribution in [3.63, 3.8) is 0 Å². The van der Waals surface area contributed by atoms with Crippen molar-refractivity contribution in [2.75, 3.05) is 0 Å². The van der Waals surface area contributed by atoms with E-state index < -0.39 is 5.63 Å². The van der Waals surface area contributed by atoms with Gasteiger partial charge in [0.25, 0.3) is 0 Å². The van der Waals surface area contributed by atoms with Gasteiger partial charge in [-0.2, -0.15) is 14.6 Å². The molecule has 3 aromatic heterocycles. The predicted octanol–water partition coefficient (Wildman–Crippen LogP) is 4.81. The summed E-state index contributed by atoms with van der Waals surface area (Å²) in [6.45, 7) is 0. The van der Waals surface area contributed by atoms with E-state index in [1.165, 1.54) is 15.9 Å². The fraction of sp³-hybridized carbons (Fsp3) is 0. The molecule has 0 unspecified atom stereocenters. The van der Waals surface area contributed by atoms with Crippen LogP contribution in [0.3, 0.4) is 0 Å². The Morgan fingerprint density at radius 3 is 2.57 bits per heavy atom. The first-order valence-electron chi connectivity index (χ1n) is 8.23. The normalized spacial score (nSPS) is 11.3. The van der Waals surface area contributed by atoms with E-state index in [1.54, 1.807) is 16.7 Å². The highest BCUT2D eigenvalue weighted by Crippen LogP contribution is 2.26. The highest BCUT2D eigenvalue weighted by molar-refractivity contribution is 7.72. The lowest BCUT2D eigenvalue weighted by Crippen LogP contribution is -2.07. The molecule has 5 aromatic rings. The van der Waals surface area contributed by atoms with Gasteiger partial charge in [-0.1, -0.05) is 47.7 Å². The van der Waals surface area contributed by atoms with Crippen LogP contribution in [0.5, 0.6) is 0 Å². The molecule has 28 heavy (non-hydrogen) atoms. The third-order valence-corrected chi connectivity index (χ3v) is 5.77. The fourth-order valence-corrected chi connectivity index (χ4v) is 4.57. The molecule has 0 saturated heterocycles. The molecule has 0 spiro atoms. The summed E-state index contributed by atoms with van der Waals surface area (Å²) in [4.78, 5) is 17.4. The van der Waals surface area contributed by atoms with Crippen molar-refractivity contribution in [1.82, 2.24) is 19.2 Å². The molecule has 0 radical (unpaired) electrons. The number of hydrogen-bond acceptors (Lipinski definition) is 7. The van der Waals surface area contributed by atoms with Crippen molar-refractivity contribution in [3.05, 3.63) is 80.6 Å². The number of aromatic nitrogens is 4. The standard InChI is InChI=1S/C19H10N4O2S3/c24-16-13(10-11-6-4-5-9-14(11)25-16)15-21-23-18(28-15)20-17(26)22(19(23)27)12-7-2-1-3-8-12/h1-10H. The van der Waals surface area contributed by atoms with Gasteiger partial charge in [0.2, 0.25) is 14.5 Å². The maximum atomic E-state index is 12.5. The molecule has 9 heteroatoms. The van der Waals surface area contributed by atoms with Crippen LogP contribution in [0.4, 0.5) is 0 Å². The Balaban J connectivity index is 1.77. The Kier molecular flexibility index (Phi) is 4.00. The van der Waals surface area contributed by atoms with Crippen LogP contribution >= 0.6 is 35.8 Å². The molecule has 3 heterocycles. The Morgan fingerprint density at radius 1 is 1.00 bits per heavy atom. The first-order valence-corrected chi connectivity index (χ1v) is 9.87. The quantitative estimate of drug-likeness (QED) is 0.300. The Hall–Kier alpha value is -3.01. The van der Waals surface area contributed by atoms with E-state index in [1.807, 2.05) is 48.5 Å². The van der Waals surface area contributed by atoms with E-state index in [9.17, 15) is 4.79 Å². The molecule has 0 aliphatic heterocycles. The number of benzene rings is 2. The van der Waals surface area contributed by atoms with Crippen molar-refractivity contribution < 1.29 is 4.42 Å². The van der Waals surface area contributed by atoms with Gasteiger partial charge in [-0.3, -0.25) is 4.57 Å². The molecule has 0 fully saturated rings. The van der Waals surface area contributed by atoms with Crippen molar-refractivity contribution in [2.24, 2.45) is 0 Å². The molecule has 6 nitrogen and oxygen atoms in total. The van der Waals surface area contributed by atoms with E-state index in [2.05, 4.69) is 10.1 Å². The second-order valence-electron chi connectivity index (χ2n) is 5.93. The summed E-state index contributed by atoms with van der Waals surface area (Å²) in [5.74, 6) is 0. The zero-order chi connectivity index (χ0) is 19.3. The summed E-state index contributed by atoms with van der Waals surface area (Å²) in [7, 11) is 0. The lowest BCUT2D eigenvalue weighted by atomic mass is 10.2. The monoisotopic (exact) mass is 422 g/mol. The van der Waals surface area contributed by atoms with Gasteiger partial charge in [0.05, 0.1) is 11.3 Å². The van der Waals surface area contributed by atoms with E-state index in [0.717, 1.165) is 11.1 Å². The topological polar surface area (TPSA) is 65.3 Å². The van der Waals surface area contributed by atoms with Gasteiger partial charge in [0.15, 0.2) is 5.01 Å². The minimum absolute atomic E-state index is 0.331. The lowest BCUT2D eigenvalue weighted by Gasteiger charge is -2.06. The highest BCUT2D eigenvalue weighted by atomic mass is 32.1. The first-order chi connectivity index (χ1) is 13.6. The average Bonchev–Trinajstić information content (AvgIpc) is 3.12. The van der Waals surface area contributed by atoms with Gasteiger partial charge >= 0.3 is 5.63 Å². The number of fused-ring (bicyclic) bond motifs is 2. The molecule has 0 aliphatic carbocycles. The number of nitrogens with zero attached hydrogens (tertiary/aromatic N) is 4. The van der Waals surface area contributed by atoms with E-state index in [0.29, 0.717) is 30.7 Å². The van der Waals surface area contributed by atoms with Gasteiger partial charge in [-0.05, 0) is 48.7 Å². The SMILES string of the molecule is O=c1oc2ccccc2cc1-c1nn2c(=S)n(-c3ccccc3)c(=S)nc2s1. The molecule has 136 valence electrons. The lowest BCUT2D eigenvalue weighted by molar-refractivity contribution is 0.563. The Labute approximate surface area is 172 Å². The van der Waals surface area contributed by atoms with E-state index in [4.69, 9.17) is 28.9 Å². The maximum Gasteiger partial charge on any atom is 0.346 e. The maximum absolute atomic E-state index is 12.5. The summed E-state index contributed by atoms with van der Waals surface area (Å²) < 4.78 is 9.32. The van der Waals surface area contributed by atoms with Crippen molar-refractivity contribution in [3.8, 4) is 16.3 Å². The van der Waals surface area contributed by atoms with E-state index >= 15 is 0 Å². The van der Waals surface area contributed by atoms with Crippen LogP contribution in [0.1, 0.15) is 0 Å². The fourth-order valence-electron chi connectivity index (χ4n) is 2.90. The zero-order valence-electron chi connectivity index (χ0n) is 14.1. The van der Waals surface area contributed by atoms with Crippen LogP contribution in [0, 0.1) is 9.54 Å². The van der Waals surface area contributed by atoms with Crippen LogP contribution < -0.4 is 5.63 Å². The Bertz CT molecular complexity index is 1530. The largest absolute Gasteiger partial charge is 0.422 e. The zero-order valence-corrected chi connectivity index (χ0v) is 16.6. The van der Waals surface area contributed by atoms with Crippen LogP contribution in [0.25, 0.3) is 32.2 Å². The first kappa shape index (κ1) is 17.1. The molecule has 5 rings (SSSR count). The van der Waals surface area contributed by atoms with Gasteiger partial charge in [0, 0.05) is 5.39 Å². The minimum Gasteiger partial charge on any atom is -0.422 e. The summed E-state index contributed by atoms with van der Waals surface area (Å²) in [6, 6.07) is 18.6. The van der Waals surface area contributed by atoms with Crippen LogP contribution in [0.15, 0.2) is 69.9 Å². The van der Waals surface area contributed by atoms with Gasteiger partial charge < -0.3 is 4.42 Å². The van der Waals surface area contributed by atoms with Gasteiger partial charge in [0.1, 0.15) is 5.58 Å². The summed E-state index contributed by atoms with van der Waals surface area (Å²) in [5.41, 5.74) is 1.24. The second-order valence-corrected chi connectivity index (χ2v) is 7.62.